The summed E-state index contributed by atoms with van der Waals surface area (Å²) in [4.78, 5) is 26.1. The molecule has 0 saturated heterocycles. The highest BCUT2D eigenvalue weighted by molar-refractivity contribution is 7.91. The minimum atomic E-state index is -3.46. The highest BCUT2D eigenvalue weighted by atomic mass is 32.2. The third-order valence-electron chi connectivity index (χ3n) is 5.18. The van der Waals surface area contributed by atoms with Crippen LogP contribution in [0.25, 0.3) is 0 Å². The van der Waals surface area contributed by atoms with Gasteiger partial charge in [0, 0.05) is 11.6 Å². The molecular formula is C22H26N2O6S. The van der Waals surface area contributed by atoms with Crippen molar-refractivity contribution in [1.82, 2.24) is 10.6 Å². The number of amides is 2. The number of rotatable bonds is 7. The second kappa shape index (κ2) is 8.97. The molecule has 0 saturated carbocycles. The average molecular weight is 447 g/mol. The summed E-state index contributed by atoms with van der Waals surface area (Å²) in [6.45, 7) is 3.60. The van der Waals surface area contributed by atoms with Crippen molar-refractivity contribution < 1.29 is 27.5 Å². The van der Waals surface area contributed by atoms with Crippen molar-refractivity contribution in [3.05, 3.63) is 53.6 Å². The van der Waals surface area contributed by atoms with Crippen LogP contribution in [0.2, 0.25) is 0 Å². The van der Waals surface area contributed by atoms with Crippen molar-refractivity contribution in [2.75, 3.05) is 20.0 Å². The van der Waals surface area contributed by atoms with E-state index >= 15 is 0 Å². The first kappa shape index (κ1) is 22.6. The lowest BCUT2D eigenvalue weighted by Gasteiger charge is -2.24. The molecule has 0 aromatic heterocycles. The Labute approximate surface area is 181 Å². The lowest BCUT2D eigenvalue weighted by atomic mass is 10.0. The molecule has 1 aliphatic heterocycles. The van der Waals surface area contributed by atoms with Crippen molar-refractivity contribution in [3.63, 3.8) is 0 Å². The Morgan fingerprint density at radius 1 is 1.03 bits per heavy atom. The van der Waals surface area contributed by atoms with Gasteiger partial charge in [-0.2, -0.15) is 0 Å². The van der Waals surface area contributed by atoms with E-state index in [2.05, 4.69) is 10.6 Å². The molecule has 2 amide bonds. The summed E-state index contributed by atoms with van der Waals surface area (Å²) in [5.74, 6) is -0.458. The van der Waals surface area contributed by atoms with Crippen molar-refractivity contribution in [2.24, 2.45) is 5.92 Å². The van der Waals surface area contributed by atoms with Crippen molar-refractivity contribution in [1.29, 1.82) is 0 Å². The molecular weight excluding hydrogens is 420 g/mol. The van der Waals surface area contributed by atoms with Gasteiger partial charge in [-0.1, -0.05) is 32.0 Å². The van der Waals surface area contributed by atoms with E-state index in [9.17, 15) is 18.0 Å². The third kappa shape index (κ3) is 4.82. The molecule has 1 heterocycles. The smallest absolute Gasteiger partial charge is 0.252 e. The maximum absolute atomic E-state index is 13.0. The fraction of sp³-hybridized carbons (Fsp3) is 0.364. The predicted octanol–water partition coefficient (Wildman–Crippen LogP) is 2.10. The molecule has 2 aromatic rings. The van der Waals surface area contributed by atoms with Gasteiger partial charge in [0.25, 0.3) is 5.91 Å². The monoisotopic (exact) mass is 446 g/mol. The topological polar surface area (TPSA) is 111 Å². The van der Waals surface area contributed by atoms with Crippen LogP contribution in [-0.2, 0) is 14.6 Å². The van der Waals surface area contributed by atoms with Gasteiger partial charge in [-0.15, -0.1) is 0 Å². The summed E-state index contributed by atoms with van der Waals surface area (Å²) < 4.78 is 35.2. The number of fused-ring (bicyclic) bond motifs is 1. The second-order valence-electron chi connectivity index (χ2n) is 7.68. The molecule has 0 aliphatic carbocycles. The van der Waals surface area contributed by atoms with Gasteiger partial charge in [-0.25, -0.2) is 8.42 Å². The molecule has 0 spiro atoms. The van der Waals surface area contributed by atoms with Gasteiger partial charge in [0.2, 0.25) is 5.91 Å². The Morgan fingerprint density at radius 3 is 2.23 bits per heavy atom. The van der Waals surface area contributed by atoms with Crippen molar-refractivity contribution in [2.45, 2.75) is 30.8 Å². The third-order valence-corrected chi connectivity index (χ3v) is 7.00. The summed E-state index contributed by atoms with van der Waals surface area (Å²) in [6, 6.07) is 9.83. The first-order chi connectivity index (χ1) is 14.7. The van der Waals surface area contributed by atoms with E-state index in [1.165, 1.54) is 20.3 Å². The molecule has 1 aliphatic rings. The van der Waals surface area contributed by atoms with Gasteiger partial charge in [0.05, 0.1) is 30.9 Å². The fourth-order valence-corrected chi connectivity index (χ4v) is 5.27. The molecule has 2 N–H and O–H groups in total. The number of methoxy groups -OCH3 is 2. The minimum absolute atomic E-state index is 0.204. The molecule has 2 atom stereocenters. The Hall–Kier alpha value is -3.07. The van der Waals surface area contributed by atoms with Crippen LogP contribution >= 0.6 is 0 Å². The summed E-state index contributed by atoms with van der Waals surface area (Å²) in [7, 11) is -0.497. The molecule has 0 unspecified atom stereocenters. The molecule has 3 rings (SSSR count). The van der Waals surface area contributed by atoms with Gasteiger partial charge in [0.1, 0.15) is 17.5 Å². The molecule has 8 nitrogen and oxygen atoms in total. The maximum atomic E-state index is 13.0. The standard InChI is InChI=1S/C22H26N2O6S/c1-13(2)20(24-21(25)14-9-15(29-3)11-16(10-14)30-4)22(26)23-18-12-31(27,28)19-8-6-5-7-17(18)19/h5-11,13,18,20H,12H2,1-4H3,(H,23,26)(H,24,25)/t18-,20+/m0/s1. The van der Waals surface area contributed by atoms with E-state index in [0.29, 0.717) is 17.1 Å². The number of sulfone groups is 1. The number of hydrogen-bond donors (Lipinski definition) is 2. The Kier molecular flexibility index (Phi) is 6.54. The lowest BCUT2D eigenvalue weighted by molar-refractivity contribution is -0.124. The Bertz CT molecular complexity index is 1070. The SMILES string of the molecule is COc1cc(OC)cc(C(=O)N[C@@H](C(=O)N[C@H]2CS(=O)(=O)c3ccccc32)C(C)C)c1. The van der Waals surface area contributed by atoms with Gasteiger partial charge in [-0.3, -0.25) is 9.59 Å². The molecule has 0 bridgehead atoms. The molecule has 9 heteroatoms. The largest absolute Gasteiger partial charge is 0.497 e. The Balaban J connectivity index is 1.79. The molecule has 166 valence electrons. The van der Waals surface area contributed by atoms with Gasteiger partial charge < -0.3 is 20.1 Å². The fourth-order valence-electron chi connectivity index (χ4n) is 3.53. The molecule has 2 aromatic carbocycles. The van der Waals surface area contributed by atoms with Crippen LogP contribution in [0.1, 0.15) is 35.8 Å². The van der Waals surface area contributed by atoms with Crippen LogP contribution in [0.15, 0.2) is 47.4 Å². The first-order valence-corrected chi connectivity index (χ1v) is 11.5. The van der Waals surface area contributed by atoms with Gasteiger partial charge in [-0.05, 0) is 29.7 Å². The number of ether oxygens (including phenoxy) is 2. The summed E-state index contributed by atoms with van der Waals surface area (Å²) in [6.07, 6.45) is 0. The quantitative estimate of drug-likeness (QED) is 0.674. The van der Waals surface area contributed by atoms with E-state index in [4.69, 9.17) is 9.47 Å². The summed E-state index contributed by atoms with van der Waals surface area (Å²) >= 11 is 0. The van der Waals surface area contributed by atoms with Gasteiger partial charge in [0.15, 0.2) is 9.84 Å². The second-order valence-corrected chi connectivity index (χ2v) is 9.68. The number of hydrogen-bond acceptors (Lipinski definition) is 6. The van der Waals surface area contributed by atoms with Crippen molar-refractivity contribution >= 4 is 21.7 Å². The molecule has 0 fully saturated rings. The number of carbonyl (C=O) groups excluding carboxylic acids is 2. The normalized spacial score (nSPS) is 17.5. The Morgan fingerprint density at radius 2 is 1.65 bits per heavy atom. The van der Waals surface area contributed by atoms with Crippen LogP contribution in [0.3, 0.4) is 0 Å². The van der Waals surface area contributed by atoms with E-state index in [0.717, 1.165) is 0 Å². The minimum Gasteiger partial charge on any atom is -0.497 e. The zero-order chi connectivity index (χ0) is 22.8. The van der Waals surface area contributed by atoms with E-state index in [-0.39, 0.29) is 22.1 Å². The number of benzene rings is 2. The number of nitrogens with one attached hydrogen (secondary N) is 2. The zero-order valence-corrected chi connectivity index (χ0v) is 18.7. The molecule has 31 heavy (non-hydrogen) atoms. The van der Waals surface area contributed by atoms with Crippen LogP contribution in [-0.4, -0.2) is 46.2 Å². The highest BCUT2D eigenvalue weighted by Crippen LogP contribution is 2.33. The van der Waals surface area contributed by atoms with E-state index in [1.54, 1.807) is 50.2 Å². The van der Waals surface area contributed by atoms with Crippen LogP contribution < -0.4 is 20.1 Å². The van der Waals surface area contributed by atoms with Crippen LogP contribution in [0, 0.1) is 5.92 Å². The first-order valence-electron chi connectivity index (χ1n) is 9.82. The van der Waals surface area contributed by atoms with Crippen LogP contribution in [0.4, 0.5) is 0 Å². The summed E-state index contributed by atoms with van der Waals surface area (Å²) in [5.41, 5.74) is 0.839. The zero-order valence-electron chi connectivity index (χ0n) is 17.8. The summed E-state index contributed by atoms with van der Waals surface area (Å²) in [5, 5.41) is 5.53. The average Bonchev–Trinajstić information content (AvgIpc) is 3.01. The van der Waals surface area contributed by atoms with Crippen LogP contribution in [0.5, 0.6) is 11.5 Å². The molecule has 0 radical (unpaired) electrons. The predicted molar refractivity (Wildman–Crippen MR) is 115 cm³/mol. The van der Waals surface area contributed by atoms with E-state index in [1.807, 2.05) is 0 Å². The van der Waals surface area contributed by atoms with Crippen molar-refractivity contribution in [3.8, 4) is 11.5 Å². The highest BCUT2D eigenvalue weighted by Gasteiger charge is 2.37. The number of carbonyl (C=O) groups is 2. The van der Waals surface area contributed by atoms with Gasteiger partial charge >= 0.3 is 0 Å². The van der Waals surface area contributed by atoms with E-state index < -0.39 is 33.7 Å². The lowest BCUT2D eigenvalue weighted by Crippen LogP contribution is -2.50. The maximum Gasteiger partial charge on any atom is 0.252 e.